The Morgan fingerprint density at radius 2 is 0.900 bits per heavy atom. The Morgan fingerprint density at radius 1 is 0.540 bits per heavy atom. The van der Waals surface area contributed by atoms with Gasteiger partial charge in [0.25, 0.3) is 0 Å². The average molecular weight is 686 g/mol. The molecule has 3 unspecified atom stereocenters. The van der Waals surface area contributed by atoms with E-state index in [4.69, 9.17) is 14.5 Å². The molecule has 2 fully saturated rings. The molecule has 3 atom stereocenters. The fourth-order valence-corrected chi connectivity index (χ4v) is 6.15. The average Bonchev–Trinajstić information content (AvgIpc) is 3.30. The van der Waals surface area contributed by atoms with Crippen LogP contribution in [0.3, 0.4) is 0 Å². The Hall–Kier alpha value is -4.13. The molecule has 0 radical (unpaired) electrons. The highest BCUT2D eigenvalue weighted by Gasteiger charge is 2.31. The van der Waals surface area contributed by atoms with E-state index >= 15 is 0 Å². The van der Waals surface area contributed by atoms with Crippen molar-refractivity contribution in [1.29, 1.82) is 0 Å². The van der Waals surface area contributed by atoms with Crippen LogP contribution in [0.4, 0.5) is 0 Å². The summed E-state index contributed by atoms with van der Waals surface area (Å²) in [5, 5.41) is 2.92. The van der Waals surface area contributed by atoms with Crippen molar-refractivity contribution in [3.63, 3.8) is 0 Å². The van der Waals surface area contributed by atoms with Crippen molar-refractivity contribution in [2.75, 3.05) is 65.4 Å². The molecule has 268 valence electrons. The van der Waals surface area contributed by atoms with Gasteiger partial charge in [-0.3, -0.25) is 29.1 Å². The maximum Gasteiger partial charge on any atom is 0.329 e. The highest BCUT2D eigenvalue weighted by molar-refractivity contribution is 5.71. The monoisotopic (exact) mass is 685 g/mol. The molecule has 11 heteroatoms. The van der Waals surface area contributed by atoms with Gasteiger partial charge in [0.15, 0.2) is 0 Å². The first-order chi connectivity index (χ1) is 24.4. The minimum Gasteiger partial charge on any atom is -0.368 e. The second-order valence-electron chi connectivity index (χ2n) is 12.9. The van der Waals surface area contributed by atoms with Gasteiger partial charge < -0.3 is 14.5 Å². The van der Waals surface area contributed by atoms with Crippen molar-refractivity contribution >= 4 is 17.9 Å². The molecule has 2 aliphatic rings. The normalized spacial score (nSPS) is 19.6. The van der Waals surface area contributed by atoms with Crippen LogP contribution >= 0.6 is 0 Å². The number of hydrogen-bond donors (Lipinski definition) is 0. The van der Waals surface area contributed by atoms with Crippen LogP contribution in [0.1, 0.15) is 42.9 Å². The lowest BCUT2D eigenvalue weighted by Gasteiger charge is -2.36. The van der Waals surface area contributed by atoms with Gasteiger partial charge in [0.2, 0.25) is 0 Å². The SMILES string of the molecule is CC(N1CCN2CCN(CCN(OC(=O)CCc3ccccc3)CC2)CC1)N(OC(=O)CCc1ccccc1)OC(=O)CCc1ccccc1. The van der Waals surface area contributed by atoms with Gasteiger partial charge in [-0.05, 0) is 42.9 Å². The first kappa shape index (κ1) is 37.1. The first-order valence-electron chi connectivity index (χ1n) is 17.9. The van der Waals surface area contributed by atoms with E-state index in [9.17, 15) is 14.4 Å². The number of nitrogens with zero attached hydrogens (tertiary/aromatic N) is 5. The minimum atomic E-state index is -0.511. The third kappa shape index (κ3) is 12.6. The molecular weight excluding hydrogens is 634 g/mol. The molecule has 0 N–H and O–H groups in total. The molecule has 0 aliphatic carbocycles. The molecule has 0 spiro atoms. The van der Waals surface area contributed by atoms with Gasteiger partial charge in [-0.1, -0.05) is 91.0 Å². The van der Waals surface area contributed by atoms with E-state index in [1.807, 2.05) is 103 Å². The number of rotatable bonds is 14. The lowest BCUT2D eigenvalue weighted by Crippen LogP contribution is -2.52. The molecule has 5 rings (SSSR count). The fourth-order valence-electron chi connectivity index (χ4n) is 6.15. The third-order valence-corrected chi connectivity index (χ3v) is 9.30. The molecule has 0 amide bonds. The fraction of sp³-hybridized carbons (Fsp3) is 0.462. The van der Waals surface area contributed by atoms with Gasteiger partial charge in [-0.25, -0.2) is 0 Å². The molecule has 2 heterocycles. The number of benzene rings is 3. The number of carbonyl (C=O) groups excluding carboxylic acids is 3. The summed E-state index contributed by atoms with van der Waals surface area (Å²) in [5.74, 6) is -1.14. The Balaban J connectivity index is 1.18. The molecule has 2 saturated heterocycles. The molecule has 3 aromatic carbocycles. The van der Waals surface area contributed by atoms with Crippen LogP contribution < -0.4 is 0 Å². The van der Waals surface area contributed by atoms with Crippen LogP contribution in [-0.2, 0) is 48.2 Å². The molecule has 0 aromatic heterocycles. The first-order valence-corrected chi connectivity index (χ1v) is 17.9. The van der Waals surface area contributed by atoms with Crippen LogP contribution in [0.25, 0.3) is 0 Å². The smallest absolute Gasteiger partial charge is 0.329 e. The highest BCUT2D eigenvalue weighted by atomic mass is 17.0. The summed E-state index contributed by atoms with van der Waals surface area (Å²) in [6.45, 7) is 9.27. The van der Waals surface area contributed by atoms with Crippen molar-refractivity contribution in [3.05, 3.63) is 108 Å². The van der Waals surface area contributed by atoms with Crippen molar-refractivity contribution in [2.45, 2.75) is 51.6 Å². The predicted molar refractivity (Wildman–Crippen MR) is 190 cm³/mol. The van der Waals surface area contributed by atoms with Crippen LogP contribution in [0, 0.1) is 0 Å². The van der Waals surface area contributed by atoms with E-state index in [-0.39, 0.29) is 18.8 Å². The largest absolute Gasteiger partial charge is 0.368 e. The van der Waals surface area contributed by atoms with E-state index in [2.05, 4.69) is 14.7 Å². The van der Waals surface area contributed by atoms with E-state index < -0.39 is 18.1 Å². The second-order valence-corrected chi connectivity index (χ2v) is 12.9. The zero-order valence-electron chi connectivity index (χ0n) is 29.2. The molecule has 2 bridgehead atoms. The van der Waals surface area contributed by atoms with Gasteiger partial charge in [0.05, 0.1) is 24.5 Å². The standard InChI is InChI=1S/C39H51N5O6/c1-33(44(49-38(46)21-18-35-13-7-3-8-14-35)50-39(47)22-19-36-15-9-4-10-16-36)42-29-25-40-23-24-41(26-30-42)28-32-43(31-27-40)48-37(45)20-17-34-11-5-2-6-12-34/h2-16,33H,17-32H2,1H3. The maximum absolute atomic E-state index is 13.1. The van der Waals surface area contributed by atoms with E-state index in [0.29, 0.717) is 51.9 Å². The van der Waals surface area contributed by atoms with E-state index in [0.717, 1.165) is 61.2 Å². The molecule has 11 nitrogen and oxygen atoms in total. The van der Waals surface area contributed by atoms with Crippen molar-refractivity contribution in [2.24, 2.45) is 0 Å². The van der Waals surface area contributed by atoms with Gasteiger partial charge >= 0.3 is 17.9 Å². The quantitative estimate of drug-likeness (QED) is 0.229. The summed E-state index contributed by atoms with van der Waals surface area (Å²) in [5.41, 5.74) is 3.19. The van der Waals surface area contributed by atoms with E-state index in [1.165, 1.54) is 0 Å². The van der Waals surface area contributed by atoms with Crippen LogP contribution in [0.2, 0.25) is 0 Å². The van der Waals surface area contributed by atoms with Gasteiger partial charge in [-0.2, -0.15) is 0 Å². The second kappa shape index (κ2) is 19.9. The number of hydroxylamine groups is 4. The zero-order valence-corrected chi connectivity index (χ0v) is 29.2. The van der Waals surface area contributed by atoms with Crippen LogP contribution in [0.5, 0.6) is 0 Å². The lowest BCUT2D eigenvalue weighted by atomic mass is 10.1. The van der Waals surface area contributed by atoms with Crippen LogP contribution in [-0.4, -0.2) is 115 Å². The Kier molecular flexibility index (Phi) is 14.8. The summed E-state index contributed by atoms with van der Waals surface area (Å²) in [6.07, 6.45) is 1.84. The Morgan fingerprint density at radius 3 is 1.32 bits per heavy atom. The highest BCUT2D eigenvalue weighted by Crippen LogP contribution is 2.15. The van der Waals surface area contributed by atoms with Gasteiger partial charge in [0, 0.05) is 65.4 Å². The minimum absolute atomic E-state index is 0.156. The molecule has 50 heavy (non-hydrogen) atoms. The summed E-state index contributed by atoms with van der Waals surface area (Å²) in [6, 6.07) is 29.5. The summed E-state index contributed by atoms with van der Waals surface area (Å²) >= 11 is 0. The van der Waals surface area contributed by atoms with Crippen molar-refractivity contribution < 1.29 is 28.9 Å². The summed E-state index contributed by atoms with van der Waals surface area (Å²) in [4.78, 5) is 63.2. The Labute approximate surface area is 296 Å². The number of fused-ring (bicyclic) bond motifs is 3. The number of hydrogen-bond acceptors (Lipinski definition) is 11. The summed E-state index contributed by atoms with van der Waals surface area (Å²) < 4.78 is 0. The maximum atomic E-state index is 13.1. The van der Waals surface area contributed by atoms with Gasteiger partial charge in [-0.15, -0.1) is 5.06 Å². The molecule has 2 aliphatic heterocycles. The third-order valence-electron chi connectivity index (χ3n) is 9.30. The van der Waals surface area contributed by atoms with Gasteiger partial charge in [0.1, 0.15) is 6.17 Å². The predicted octanol–water partition coefficient (Wildman–Crippen LogP) is 4.14. The van der Waals surface area contributed by atoms with Crippen molar-refractivity contribution in [3.8, 4) is 0 Å². The lowest BCUT2D eigenvalue weighted by molar-refractivity contribution is -0.360. The van der Waals surface area contributed by atoms with Crippen molar-refractivity contribution in [1.82, 2.24) is 25.0 Å². The molecular formula is C39H51N5O6. The molecule has 0 saturated carbocycles. The summed E-state index contributed by atoms with van der Waals surface area (Å²) in [7, 11) is 0. The number of carbonyl (C=O) groups is 3. The topological polar surface area (TPSA) is 95.1 Å². The Bertz CT molecular complexity index is 1390. The van der Waals surface area contributed by atoms with Crippen LogP contribution in [0.15, 0.2) is 91.0 Å². The van der Waals surface area contributed by atoms with E-state index in [1.54, 1.807) is 0 Å². The zero-order chi connectivity index (χ0) is 35.0. The number of aryl methyl sites for hydroxylation is 3. The molecule has 3 aromatic rings.